The molecule has 0 amide bonds. The van der Waals surface area contributed by atoms with Crippen molar-refractivity contribution < 1.29 is 9.53 Å². The summed E-state index contributed by atoms with van der Waals surface area (Å²) >= 11 is 0. The highest BCUT2D eigenvalue weighted by molar-refractivity contribution is 6.09. The van der Waals surface area contributed by atoms with Crippen molar-refractivity contribution in [3.05, 3.63) is 0 Å². The number of ether oxygens (including phenoxy) is 1. The topological polar surface area (TPSA) is 26.3 Å². The van der Waals surface area contributed by atoms with Gasteiger partial charge in [-0.25, -0.2) is 0 Å². The second kappa shape index (κ2) is 2.52. The minimum Gasteiger partial charge on any atom is -0.462 e. The molecule has 0 aromatic carbocycles. The molecule has 0 saturated carbocycles. The van der Waals surface area contributed by atoms with Crippen LogP contribution in [0, 0.1) is 5.92 Å². The standard InChI is InChI=1S/C6H12O2Si/c1-4-2-5(3-9)8-6(4)7/h4-5H,2-3H2,1,9H3. The van der Waals surface area contributed by atoms with Crippen LogP contribution in [0.4, 0.5) is 0 Å². The van der Waals surface area contributed by atoms with Gasteiger partial charge in [-0.15, -0.1) is 0 Å². The molecule has 1 aliphatic heterocycles. The normalized spacial score (nSPS) is 35.0. The lowest BCUT2D eigenvalue weighted by Gasteiger charge is -2.01. The Morgan fingerprint density at radius 2 is 2.56 bits per heavy atom. The van der Waals surface area contributed by atoms with Gasteiger partial charge in [-0.1, -0.05) is 6.92 Å². The second-order valence-electron chi connectivity index (χ2n) is 2.60. The predicted octanol–water partition coefficient (Wildman–Crippen LogP) is -0.278. The van der Waals surface area contributed by atoms with Gasteiger partial charge in [0.2, 0.25) is 0 Å². The van der Waals surface area contributed by atoms with Crippen LogP contribution in [0.15, 0.2) is 0 Å². The van der Waals surface area contributed by atoms with Crippen molar-refractivity contribution >= 4 is 16.2 Å². The van der Waals surface area contributed by atoms with Gasteiger partial charge in [0.05, 0.1) is 12.0 Å². The van der Waals surface area contributed by atoms with E-state index in [0.717, 1.165) is 22.7 Å². The third kappa shape index (κ3) is 1.33. The number of esters is 1. The van der Waals surface area contributed by atoms with E-state index in [4.69, 9.17) is 4.74 Å². The lowest BCUT2D eigenvalue weighted by Crippen LogP contribution is -2.04. The van der Waals surface area contributed by atoms with Gasteiger partial charge in [-0.05, 0) is 12.5 Å². The van der Waals surface area contributed by atoms with Gasteiger partial charge < -0.3 is 4.74 Å². The van der Waals surface area contributed by atoms with Gasteiger partial charge in [-0.2, -0.15) is 0 Å². The first-order valence-corrected chi connectivity index (χ1v) is 4.86. The maximum absolute atomic E-state index is 10.7. The Morgan fingerprint density at radius 1 is 1.89 bits per heavy atom. The van der Waals surface area contributed by atoms with E-state index in [1.807, 2.05) is 6.92 Å². The van der Waals surface area contributed by atoms with Gasteiger partial charge in [0.15, 0.2) is 0 Å². The molecule has 1 saturated heterocycles. The van der Waals surface area contributed by atoms with Gasteiger partial charge in [0, 0.05) is 10.2 Å². The van der Waals surface area contributed by atoms with Crippen molar-refractivity contribution in [2.45, 2.75) is 25.5 Å². The van der Waals surface area contributed by atoms with Crippen LogP contribution in [-0.4, -0.2) is 22.3 Å². The molecule has 0 spiro atoms. The summed E-state index contributed by atoms with van der Waals surface area (Å²) in [7, 11) is 1.14. The number of hydrogen-bond donors (Lipinski definition) is 0. The number of hydrogen-bond acceptors (Lipinski definition) is 2. The number of cyclic esters (lactones) is 1. The van der Waals surface area contributed by atoms with Crippen LogP contribution in [0.5, 0.6) is 0 Å². The van der Waals surface area contributed by atoms with Gasteiger partial charge in [-0.3, -0.25) is 4.79 Å². The summed E-state index contributed by atoms with van der Waals surface area (Å²) in [5, 5.41) is 0. The average Bonchev–Trinajstić information content (AvgIpc) is 2.13. The highest BCUT2D eigenvalue weighted by atomic mass is 28.1. The number of carbonyl (C=O) groups excluding carboxylic acids is 1. The highest BCUT2D eigenvalue weighted by Gasteiger charge is 2.28. The van der Waals surface area contributed by atoms with Gasteiger partial charge in [0.25, 0.3) is 0 Å². The van der Waals surface area contributed by atoms with Crippen LogP contribution < -0.4 is 0 Å². The molecule has 2 unspecified atom stereocenters. The molecule has 0 aromatic rings. The van der Waals surface area contributed by atoms with E-state index in [1.165, 1.54) is 0 Å². The van der Waals surface area contributed by atoms with E-state index in [2.05, 4.69) is 0 Å². The van der Waals surface area contributed by atoms with Crippen LogP contribution in [0.3, 0.4) is 0 Å². The first-order chi connectivity index (χ1) is 4.24. The third-order valence-electron chi connectivity index (χ3n) is 1.76. The minimum atomic E-state index is -0.00384. The molecule has 9 heavy (non-hydrogen) atoms. The number of rotatable bonds is 1. The first-order valence-electron chi connectivity index (χ1n) is 3.44. The van der Waals surface area contributed by atoms with Crippen molar-refractivity contribution in [3.63, 3.8) is 0 Å². The molecule has 2 nitrogen and oxygen atoms in total. The van der Waals surface area contributed by atoms with E-state index in [-0.39, 0.29) is 18.0 Å². The zero-order valence-corrected chi connectivity index (χ0v) is 7.89. The maximum Gasteiger partial charge on any atom is 0.309 e. The summed E-state index contributed by atoms with van der Waals surface area (Å²) in [6, 6.07) is 1.09. The maximum atomic E-state index is 10.7. The molecule has 0 N–H and O–H groups in total. The molecular formula is C6H12O2Si. The smallest absolute Gasteiger partial charge is 0.309 e. The molecule has 1 fully saturated rings. The molecule has 1 aliphatic rings. The second-order valence-corrected chi connectivity index (χ2v) is 3.42. The minimum absolute atomic E-state index is 0.00384. The van der Waals surface area contributed by atoms with E-state index in [9.17, 15) is 4.79 Å². The quantitative estimate of drug-likeness (QED) is 0.374. The fourth-order valence-electron chi connectivity index (χ4n) is 1.07. The predicted molar refractivity (Wildman–Crippen MR) is 38.4 cm³/mol. The summed E-state index contributed by atoms with van der Waals surface area (Å²) in [5.41, 5.74) is 0. The zero-order chi connectivity index (χ0) is 6.85. The molecule has 0 aromatic heterocycles. The molecule has 52 valence electrons. The fraction of sp³-hybridized carbons (Fsp3) is 0.833. The fourth-order valence-corrected chi connectivity index (χ4v) is 1.57. The first kappa shape index (κ1) is 6.80. The molecule has 1 rings (SSSR count). The molecule has 0 bridgehead atoms. The molecule has 2 atom stereocenters. The van der Waals surface area contributed by atoms with Crippen LogP contribution in [0.1, 0.15) is 13.3 Å². The molecule has 1 heterocycles. The number of carbonyl (C=O) groups is 1. The van der Waals surface area contributed by atoms with E-state index in [1.54, 1.807) is 0 Å². The summed E-state index contributed by atoms with van der Waals surface area (Å²) in [6.07, 6.45) is 1.21. The Kier molecular flexibility index (Phi) is 1.90. The zero-order valence-electron chi connectivity index (χ0n) is 5.89. The van der Waals surface area contributed by atoms with E-state index >= 15 is 0 Å². The molecule has 3 heteroatoms. The van der Waals surface area contributed by atoms with Crippen molar-refractivity contribution in [2.75, 3.05) is 0 Å². The summed E-state index contributed by atoms with van der Waals surface area (Å²) < 4.78 is 5.02. The molecule has 0 aliphatic carbocycles. The van der Waals surface area contributed by atoms with Crippen molar-refractivity contribution in [1.29, 1.82) is 0 Å². The third-order valence-corrected chi connectivity index (χ3v) is 2.67. The lowest BCUT2D eigenvalue weighted by atomic mass is 10.1. The highest BCUT2D eigenvalue weighted by Crippen LogP contribution is 2.21. The monoisotopic (exact) mass is 144 g/mol. The summed E-state index contributed by atoms with van der Waals surface area (Å²) in [5.74, 6) is 0.153. The van der Waals surface area contributed by atoms with Crippen LogP contribution in [0.2, 0.25) is 6.04 Å². The molecule has 0 radical (unpaired) electrons. The Hall–Kier alpha value is -0.313. The van der Waals surface area contributed by atoms with Crippen molar-refractivity contribution in [1.82, 2.24) is 0 Å². The lowest BCUT2D eigenvalue weighted by molar-refractivity contribution is -0.143. The van der Waals surface area contributed by atoms with E-state index in [0.29, 0.717) is 0 Å². The van der Waals surface area contributed by atoms with Crippen LogP contribution >= 0.6 is 0 Å². The Labute approximate surface area is 58.0 Å². The van der Waals surface area contributed by atoms with Crippen molar-refractivity contribution in [3.8, 4) is 0 Å². The van der Waals surface area contributed by atoms with Crippen molar-refractivity contribution in [2.24, 2.45) is 5.92 Å². The van der Waals surface area contributed by atoms with E-state index < -0.39 is 0 Å². The van der Waals surface area contributed by atoms with Gasteiger partial charge in [0.1, 0.15) is 0 Å². The van der Waals surface area contributed by atoms with Crippen LogP contribution in [0.25, 0.3) is 0 Å². The Balaban J connectivity index is 2.44. The summed E-state index contributed by atoms with van der Waals surface area (Å²) in [4.78, 5) is 10.7. The SMILES string of the molecule is CC1CC(C[SiH3])OC1=O. The Morgan fingerprint density at radius 3 is 2.78 bits per heavy atom. The Bertz CT molecular complexity index is 124. The van der Waals surface area contributed by atoms with Crippen LogP contribution in [-0.2, 0) is 9.53 Å². The summed E-state index contributed by atoms with van der Waals surface area (Å²) in [6.45, 7) is 1.93. The van der Waals surface area contributed by atoms with Gasteiger partial charge >= 0.3 is 5.97 Å². The molecular weight excluding hydrogens is 132 g/mol. The average molecular weight is 144 g/mol. The largest absolute Gasteiger partial charge is 0.462 e.